The molecule has 410 valence electrons. The normalized spacial score (nSPS) is 11.9. The number of hydrogen-bond donors (Lipinski definition) is 0. The molecule has 10 nitrogen and oxygen atoms in total. The molecule has 18 aromatic rings. The Kier molecular flexibility index (Phi) is 11.1. The lowest BCUT2D eigenvalue weighted by Gasteiger charge is -2.12. The standard InChI is InChI=1S/C78H48N10/c1-7-24-49(25-8-1)73-79-74(50-26-9-2-10-27-50)82-77(81-73)87-63-44-42-53(48-60(63)70-66(87)47-46-65-69(70)57-36-19-21-39-61(57)85(65)54-32-15-5-16-33-54)56-38-23-41-64-68(56)59-43-45-67-71(58-37-20-22-40-62(58)86(67)55-34-17-6-18-35-55)72(59)88(64)78-83-75(51-28-11-3-12-29-51)80-76(84-78)52-30-13-4-14-31-52/h1-48H. The van der Waals surface area contributed by atoms with Gasteiger partial charge < -0.3 is 9.13 Å². The van der Waals surface area contributed by atoms with Crippen LogP contribution in [0.25, 0.3) is 167 Å². The lowest BCUT2D eigenvalue weighted by atomic mass is 9.96. The van der Waals surface area contributed by atoms with Gasteiger partial charge in [0.1, 0.15) is 0 Å². The molecule has 0 N–H and O–H groups in total. The molecule has 0 atom stereocenters. The molecule has 0 bridgehead atoms. The zero-order valence-electron chi connectivity index (χ0n) is 47.2. The van der Waals surface area contributed by atoms with Gasteiger partial charge in [-0.25, -0.2) is 9.97 Å². The van der Waals surface area contributed by atoms with Crippen molar-refractivity contribution in [2.75, 3.05) is 0 Å². The molecule has 0 fully saturated rings. The van der Waals surface area contributed by atoms with Gasteiger partial charge in [0.15, 0.2) is 23.3 Å². The van der Waals surface area contributed by atoms with E-state index in [1.165, 1.54) is 0 Å². The van der Waals surface area contributed by atoms with E-state index in [-0.39, 0.29) is 0 Å². The average molecular weight is 1130 g/mol. The molecule has 0 radical (unpaired) electrons. The lowest BCUT2D eigenvalue weighted by Crippen LogP contribution is -2.06. The van der Waals surface area contributed by atoms with Gasteiger partial charge in [-0.15, -0.1) is 0 Å². The van der Waals surface area contributed by atoms with E-state index in [9.17, 15) is 0 Å². The minimum absolute atomic E-state index is 0.520. The number of benzene rings is 12. The van der Waals surface area contributed by atoms with Crippen LogP contribution >= 0.6 is 0 Å². The first-order chi connectivity index (χ1) is 43.7. The van der Waals surface area contributed by atoms with Crippen molar-refractivity contribution in [1.82, 2.24) is 48.2 Å². The van der Waals surface area contributed by atoms with Crippen LogP contribution in [0.15, 0.2) is 291 Å². The smallest absolute Gasteiger partial charge is 0.238 e. The fourth-order valence-corrected chi connectivity index (χ4v) is 13.5. The van der Waals surface area contributed by atoms with Gasteiger partial charge in [0.25, 0.3) is 0 Å². The Morgan fingerprint density at radius 3 is 1.08 bits per heavy atom. The Bertz CT molecular complexity index is 5660. The maximum Gasteiger partial charge on any atom is 0.238 e. The first-order valence-corrected chi connectivity index (χ1v) is 29.5. The van der Waals surface area contributed by atoms with Gasteiger partial charge in [-0.05, 0) is 83.9 Å². The van der Waals surface area contributed by atoms with Crippen molar-refractivity contribution in [3.63, 3.8) is 0 Å². The van der Waals surface area contributed by atoms with Crippen LogP contribution in [0.5, 0.6) is 0 Å². The molecule has 12 aromatic carbocycles. The molecule has 10 heteroatoms. The van der Waals surface area contributed by atoms with Crippen molar-refractivity contribution in [3.05, 3.63) is 291 Å². The highest BCUT2D eigenvalue weighted by Crippen LogP contribution is 2.48. The summed E-state index contributed by atoms with van der Waals surface area (Å²) in [5.74, 6) is 3.39. The number of para-hydroxylation sites is 4. The molecule has 0 aliphatic rings. The summed E-state index contributed by atoms with van der Waals surface area (Å²) >= 11 is 0. The van der Waals surface area contributed by atoms with E-state index >= 15 is 0 Å². The fourth-order valence-electron chi connectivity index (χ4n) is 13.5. The number of fused-ring (bicyclic) bond motifs is 14. The van der Waals surface area contributed by atoms with Crippen molar-refractivity contribution in [2.24, 2.45) is 0 Å². The highest BCUT2D eigenvalue weighted by Gasteiger charge is 2.27. The van der Waals surface area contributed by atoms with E-state index in [4.69, 9.17) is 29.9 Å². The van der Waals surface area contributed by atoms with Gasteiger partial charge in [0, 0.05) is 76.7 Å². The van der Waals surface area contributed by atoms with Gasteiger partial charge >= 0.3 is 0 Å². The topological polar surface area (TPSA) is 97.1 Å². The Balaban J connectivity index is 0.967. The molecule has 0 aliphatic carbocycles. The van der Waals surface area contributed by atoms with Crippen LogP contribution in [0.4, 0.5) is 0 Å². The quantitative estimate of drug-likeness (QED) is 0.143. The largest absolute Gasteiger partial charge is 0.309 e. The van der Waals surface area contributed by atoms with E-state index < -0.39 is 0 Å². The molecule has 0 saturated carbocycles. The molecule has 0 saturated heterocycles. The van der Waals surface area contributed by atoms with Crippen molar-refractivity contribution >= 4 is 87.2 Å². The van der Waals surface area contributed by atoms with E-state index in [2.05, 4.69) is 237 Å². The van der Waals surface area contributed by atoms with Crippen LogP contribution in [0.3, 0.4) is 0 Å². The lowest BCUT2D eigenvalue weighted by molar-refractivity contribution is 0.953. The molecular formula is C78H48N10. The molecule has 0 aliphatic heterocycles. The second kappa shape index (κ2) is 19.7. The molecule has 6 heterocycles. The van der Waals surface area contributed by atoms with Crippen LogP contribution in [-0.2, 0) is 0 Å². The van der Waals surface area contributed by atoms with E-state index in [0.717, 1.165) is 132 Å². The van der Waals surface area contributed by atoms with Crippen LogP contribution < -0.4 is 0 Å². The van der Waals surface area contributed by atoms with Crippen molar-refractivity contribution in [3.8, 4) is 79.9 Å². The Labute approximate surface area is 503 Å². The summed E-state index contributed by atoms with van der Waals surface area (Å²) in [5.41, 5.74) is 16.2. The molecular weight excluding hydrogens is 1080 g/mol. The SMILES string of the molecule is c1ccc(-c2nc(-c3ccccc3)nc(-n3c4ccc(-c5cccc6c5c5ccc7c(c8ccccc8n7-c7ccccc7)c5n6-c5nc(-c6ccccc6)nc(-c6ccccc6)n5)cc4c4c5c6ccccc6n(-c6ccccc6)c5ccc43)n2)cc1. The Morgan fingerprint density at radius 2 is 0.568 bits per heavy atom. The maximum absolute atomic E-state index is 5.47. The monoisotopic (exact) mass is 1120 g/mol. The molecule has 18 rings (SSSR count). The third kappa shape index (κ3) is 7.62. The van der Waals surface area contributed by atoms with Gasteiger partial charge in [0.05, 0.1) is 44.1 Å². The summed E-state index contributed by atoms with van der Waals surface area (Å²) in [7, 11) is 0. The molecule has 6 aromatic heterocycles. The summed E-state index contributed by atoms with van der Waals surface area (Å²) in [6.07, 6.45) is 0. The highest BCUT2D eigenvalue weighted by molar-refractivity contribution is 6.31. The summed E-state index contributed by atoms with van der Waals surface area (Å²) in [5, 5.41) is 8.81. The summed E-state index contributed by atoms with van der Waals surface area (Å²) in [4.78, 5) is 32.1. The number of hydrogen-bond acceptors (Lipinski definition) is 6. The zero-order valence-corrected chi connectivity index (χ0v) is 47.2. The first-order valence-electron chi connectivity index (χ1n) is 29.5. The summed E-state index contributed by atoms with van der Waals surface area (Å²) in [6, 6.07) is 102. The summed E-state index contributed by atoms with van der Waals surface area (Å²) in [6.45, 7) is 0. The van der Waals surface area contributed by atoms with Gasteiger partial charge in [-0.2, -0.15) is 19.9 Å². The second-order valence-corrected chi connectivity index (χ2v) is 22.2. The summed E-state index contributed by atoms with van der Waals surface area (Å²) < 4.78 is 9.30. The Hall–Kier alpha value is -12.1. The van der Waals surface area contributed by atoms with Gasteiger partial charge in [-0.1, -0.05) is 218 Å². The average Bonchev–Trinajstić information content (AvgIpc) is 1.56. The first kappa shape index (κ1) is 49.3. The highest BCUT2D eigenvalue weighted by atomic mass is 15.2. The van der Waals surface area contributed by atoms with E-state index in [1.54, 1.807) is 0 Å². The van der Waals surface area contributed by atoms with Crippen molar-refractivity contribution in [2.45, 2.75) is 0 Å². The fraction of sp³-hybridized carbons (Fsp3) is 0. The van der Waals surface area contributed by atoms with Crippen LogP contribution in [0.2, 0.25) is 0 Å². The third-order valence-corrected chi connectivity index (χ3v) is 17.3. The second-order valence-electron chi connectivity index (χ2n) is 22.2. The van der Waals surface area contributed by atoms with Crippen LogP contribution in [0.1, 0.15) is 0 Å². The predicted molar refractivity (Wildman–Crippen MR) is 358 cm³/mol. The molecule has 0 unspecified atom stereocenters. The third-order valence-electron chi connectivity index (χ3n) is 17.3. The van der Waals surface area contributed by atoms with Crippen LogP contribution in [-0.4, -0.2) is 48.2 Å². The van der Waals surface area contributed by atoms with Gasteiger partial charge in [-0.3, -0.25) is 9.13 Å². The van der Waals surface area contributed by atoms with Crippen LogP contribution in [0, 0.1) is 0 Å². The number of aromatic nitrogens is 10. The molecule has 88 heavy (non-hydrogen) atoms. The minimum Gasteiger partial charge on any atom is -0.309 e. The zero-order chi connectivity index (χ0) is 57.8. The Morgan fingerprint density at radius 1 is 0.205 bits per heavy atom. The number of rotatable bonds is 9. The minimum atomic E-state index is 0.520. The maximum atomic E-state index is 5.47. The van der Waals surface area contributed by atoms with Crippen molar-refractivity contribution < 1.29 is 0 Å². The van der Waals surface area contributed by atoms with Crippen molar-refractivity contribution in [1.29, 1.82) is 0 Å². The molecule has 0 amide bonds. The predicted octanol–water partition coefficient (Wildman–Crippen LogP) is 18.8. The molecule has 0 spiro atoms. The van der Waals surface area contributed by atoms with E-state index in [0.29, 0.717) is 35.2 Å². The van der Waals surface area contributed by atoms with E-state index in [1.807, 2.05) is 72.8 Å². The van der Waals surface area contributed by atoms with Gasteiger partial charge in [0.2, 0.25) is 11.9 Å². The number of nitrogens with zero attached hydrogens (tertiary/aromatic N) is 10.